The van der Waals surface area contributed by atoms with Crippen LogP contribution in [0.5, 0.6) is 5.75 Å². The first kappa shape index (κ1) is 16.4. The summed E-state index contributed by atoms with van der Waals surface area (Å²) in [6, 6.07) is 13.6. The number of rotatable bonds is 2. The third kappa shape index (κ3) is 3.08. The predicted octanol–water partition coefficient (Wildman–Crippen LogP) is 1.85. The highest BCUT2D eigenvalue weighted by molar-refractivity contribution is 5.80. The van der Waals surface area contributed by atoms with Gasteiger partial charge in [0.05, 0.1) is 11.5 Å². The average Bonchev–Trinajstić information content (AvgIpc) is 2.73. The molecule has 0 spiro atoms. The molecule has 1 amide bonds. The highest BCUT2D eigenvalue weighted by Crippen LogP contribution is 2.28. The maximum absolute atomic E-state index is 12.9. The lowest BCUT2D eigenvalue weighted by molar-refractivity contribution is -0.137. The van der Waals surface area contributed by atoms with Gasteiger partial charge in [0.2, 0.25) is 5.91 Å². The van der Waals surface area contributed by atoms with Crippen molar-refractivity contribution in [3.05, 3.63) is 53.7 Å². The number of hydrogen-bond acceptors (Lipinski definition) is 5. The van der Waals surface area contributed by atoms with Crippen LogP contribution in [0.15, 0.2) is 42.6 Å². The van der Waals surface area contributed by atoms with Gasteiger partial charge >= 0.3 is 0 Å². The maximum atomic E-state index is 12.9. The van der Waals surface area contributed by atoms with Crippen LogP contribution in [0.3, 0.4) is 0 Å². The summed E-state index contributed by atoms with van der Waals surface area (Å²) < 4.78 is 5.76. The number of hydrogen-bond donors (Lipinski definition) is 0. The zero-order chi connectivity index (χ0) is 17.9. The van der Waals surface area contributed by atoms with Crippen molar-refractivity contribution in [2.24, 2.45) is 5.92 Å². The van der Waals surface area contributed by atoms with E-state index in [2.05, 4.69) is 16.0 Å². The van der Waals surface area contributed by atoms with Gasteiger partial charge in [-0.25, -0.2) is 4.98 Å². The Bertz CT molecular complexity index is 853. The minimum Gasteiger partial charge on any atom is -0.492 e. The molecule has 0 aliphatic carbocycles. The fraction of sp³-hybridized carbons (Fsp3) is 0.350. The molecule has 1 atom stereocenters. The van der Waals surface area contributed by atoms with Crippen molar-refractivity contribution in [2.45, 2.75) is 6.42 Å². The molecule has 2 aromatic rings. The van der Waals surface area contributed by atoms with Crippen LogP contribution in [0.25, 0.3) is 0 Å². The number of nitriles is 1. The number of para-hydroxylation sites is 1. The lowest BCUT2D eigenvalue weighted by Crippen LogP contribution is -2.52. The first-order valence-electron chi connectivity index (χ1n) is 8.86. The molecule has 132 valence electrons. The number of amides is 1. The van der Waals surface area contributed by atoms with Gasteiger partial charge in [0, 0.05) is 32.4 Å². The number of pyridine rings is 1. The minimum absolute atomic E-state index is 0.124. The van der Waals surface area contributed by atoms with Crippen LogP contribution >= 0.6 is 0 Å². The summed E-state index contributed by atoms with van der Waals surface area (Å²) in [7, 11) is 0. The van der Waals surface area contributed by atoms with Gasteiger partial charge in [-0.3, -0.25) is 4.79 Å². The molecule has 0 bridgehead atoms. The number of benzene rings is 1. The summed E-state index contributed by atoms with van der Waals surface area (Å²) in [4.78, 5) is 21.2. The number of anilines is 1. The molecule has 0 radical (unpaired) electrons. The lowest BCUT2D eigenvalue weighted by Gasteiger charge is -2.38. The standard InChI is InChI=1S/C20H20N4O2/c21-13-16-5-3-7-22-19(16)23-8-10-24(11-9-23)20(25)17-12-15-4-1-2-6-18(15)26-14-17/h1-7,17H,8-12,14H2/t17-/m0/s1. The molecule has 6 heteroatoms. The number of nitrogens with zero attached hydrogens (tertiary/aromatic N) is 4. The van der Waals surface area contributed by atoms with Crippen LogP contribution in [0.1, 0.15) is 11.1 Å². The second kappa shape index (κ2) is 7.04. The Morgan fingerprint density at radius 2 is 1.96 bits per heavy atom. The third-order valence-corrected chi connectivity index (χ3v) is 5.03. The van der Waals surface area contributed by atoms with Crippen molar-refractivity contribution in [1.29, 1.82) is 5.26 Å². The summed E-state index contributed by atoms with van der Waals surface area (Å²) in [5.41, 5.74) is 1.67. The smallest absolute Gasteiger partial charge is 0.229 e. The number of ether oxygens (including phenoxy) is 1. The molecule has 3 heterocycles. The maximum Gasteiger partial charge on any atom is 0.229 e. The fourth-order valence-electron chi connectivity index (χ4n) is 3.62. The van der Waals surface area contributed by atoms with E-state index >= 15 is 0 Å². The SMILES string of the molecule is N#Cc1cccnc1N1CCN(C(=O)[C@@H]2COc3ccccc3C2)CC1. The molecule has 2 aliphatic heterocycles. The van der Waals surface area contributed by atoms with Crippen LogP contribution < -0.4 is 9.64 Å². The molecule has 0 unspecified atom stereocenters. The van der Waals surface area contributed by atoms with Gasteiger partial charge in [0.1, 0.15) is 24.2 Å². The van der Waals surface area contributed by atoms with Gasteiger partial charge < -0.3 is 14.5 Å². The first-order valence-corrected chi connectivity index (χ1v) is 8.86. The van der Waals surface area contributed by atoms with E-state index in [-0.39, 0.29) is 11.8 Å². The Morgan fingerprint density at radius 3 is 2.77 bits per heavy atom. The number of carbonyl (C=O) groups excluding carboxylic acids is 1. The van der Waals surface area contributed by atoms with E-state index in [0.29, 0.717) is 44.2 Å². The van der Waals surface area contributed by atoms with Crippen LogP contribution in [0, 0.1) is 17.2 Å². The molecule has 1 saturated heterocycles. The molecule has 0 saturated carbocycles. The number of aromatic nitrogens is 1. The van der Waals surface area contributed by atoms with E-state index in [1.54, 1.807) is 18.3 Å². The highest BCUT2D eigenvalue weighted by atomic mass is 16.5. The van der Waals surface area contributed by atoms with E-state index in [4.69, 9.17) is 4.74 Å². The van der Waals surface area contributed by atoms with Gasteiger partial charge in [0.15, 0.2) is 0 Å². The monoisotopic (exact) mass is 348 g/mol. The van der Waals surface area contributed by atoms with E-state index in [0.717, 1.165) is 17.7 Å². The zero-order valence-electron chi connectivity index (χ0n) is 14.5. The fourth-order valence-corrected chi connectivity index (χ4v) is 3.62. The topological polar surface area (TPSA) is 69.5 Å². The number of piperazine rings is 1. The normalized spacial score (nSPS) is 19.3. The molecular weight excluding hydrogens is 328 g/mol. The zero-order valence-corrected chi connectivity index (χ0v) is 14.5. The van der Waals surface area contributed by atoms with Gasteiger partial charge in [-0.15, -0.1) is 0 Å². The van der Waals surface area contributed by atoms with Crippen LogP contribution in [-0.2, 0) is 11.2 Å². The molecule has 1 fully saturated rings. The number of carbonyl (C=O) groups is 1. The van der Waals surface area contributed by atoms with E-state index in [1.807, 2.05) is 29.2 Å². The van der Waals surface area contributed by atoms with Crippen molar-refractivity contribution in [3.8, 4) is 11.8 Å². The van der Waals surface area contributed by atoms with Gasteiger partial charge in [-0.05, 0) is 30.2 Å². The Kier molecular flexibility index (Phi) is 4.44. The second-order valence-electron chi connectivity index (χ2n) is 6.62. The molecule has 1 aromatic heterocycles. The largest absolute Gasteiger partial charge is 0.492 e. The van der Waals surface area contributed by atoms with E-state index in [9.17, 15) is 10.1 Å². The van der Waals surface area contributed by atoms with Gasteiger partial charge in [0.25, 0.3) is 0 Å². The Labute approximate surface area is 152 Å². The molecule has 2 aliphatic rings. The quantitative estimate of drug-likeness (QED) is 0.828. The summed E-state index contributed by atoms with van der Waals surface area (Å²) in [6.07, 6.45) is 2.43. The Morgan fingerprint density at radius 1 is 1.15 bits per heavy atom. The van der Waals surface area contributed by atoms with Crippen molar-refractivity contribution in [1.82, 2.24) is 9.88 Å². The van der Waals surface area contributed by atoms with Crippen molar-refractivity contribution in [3.63, 3.8) is 0 Å². The third-order valence-electron chi connectivity index (χ3n) is 5.03. The molecule has 0 N–H and O–H groups in total. The van der Waals surface area contributed by atoms with Crippen LogP contribution in [0.2, 0.25) is 0 Å². The Balaban J connectivity index is 1.39. The van der Waals surface area contributed by atoms with Crippen molar-refractivity contribution < 1.29 is 9.53 Å². The van der Waals surface area contributed by atoms with Crippen molar-refractivity contribution in [2.75, 3.05) is 37.7 Å². The van der Waals surface area contributed by atoms with Gasteiger partial charge in [-0.1, -0.05) is 18.2 Å². The number of fused-ring (bicyclic) bond motifs is 1. The van der Waals surface area contributed by atoms with Crippen LogP contribution in [-0.4, -0.2) is 48.6 Å². The predicted molar refractivity (Wildman–Crippen MR) is 96.9 cm³/mol. The van der Waals surface area contributed by atoms with Gasteiger partial charge in [-0.2, -0.15) is 5.26 Å². The highest BCUT2D eigenvalue weighted by Gasteiger charge is 2.31. The molecular formula is C20H20N4O2. The van der Waals surface area contributed by atoms with E-state index < -0.39 is 0 Å². The van der Waals surface area contributed by atoms with E-state index in [1.165, 1.54) is 0 Å². The molecule has 1 aromatic carbocycles. The minimum atomic E-state index is -0.124. The van der Waals surface area contributed by atoms with Crippen molar-refractivity contribution >= 4 is 11.7 Å². The summed E-state index contributed by atoms with van der Waals surface area (Å²) in [5.74, 6) is 1.62. The average molecular weight is 348 g/mol. The van der Waals surface area contributed by atoms with Crippen LogP contribution in [0.4, 0.5) is 5.82 Å². The summed E-state index contributed by atoms with van der Waals surface area (Å²) in [6.45, 7) is 3.08. The molecule has 6 nitrogen and oxygen atoms in total. The first-order chi connectivity index (χ1) is 12.8. The molecule has 26 heavy (non-hydrogen) atoms. The summed E-state index contributed by atoms with van der Waals surface area (Å²) in [5, 5.41) is 9.24. The second-order valence-corrected chi connectivity index (χ2v) is 6.62. The summed E-state index contributed by atoms with van der Waals surface area (Å²) >= 11 is 0. The lowest BCUT2D eigenvalue weighted by atomic mass is 9.95. The Hall–Kier alpha value is -3.07. The molecule has 4 rings (SSSR count).